The summed E-state index contributed by atoms with van der Waals surface area (Å²) in [6, 6.07) is 0. The van der Waals surface area contributed by atoms with Crippen LogP contribution in [0.5, 0.6) is 0 Å². The number of aryl methyl sites for hydroxylation is 1. The van der Waals surface area contributed by atoms with Gasteiger partial charge in [-0.1, -0.05) is 27.2 Å². The lowest BCUT2D eigenvalue weighted by Crippen LogP contribution is -2.15. The predicted octanol–water partition coefficient (Wildman–Crippen LogP) is 4.11. The van der Waals surface area contributed by atoms with Gasteiger partial charge in [-0.25, -0.2) is 4.98 Å². The molecule has 0 aromatic carbocycles. The molecule has 1 aliphatic heterocycles. The third kappa shape index (κ3) is 4.13. The van der Waals surface area contributed by atoms with Crippen LogP contribution in [0.25, 0.3) is 0 Å². The Kier molecular flexibility index (Phi) is 6.53. The topological polar surface area (TPSA) is 24.9 Å². The molecule has 0 radical (unpaired) electrons. The largest absolute Gasteiger partial charge is 0.312 e. The normalized spacial score (nSPS) is 23.7. The fraction of sp³-hybridized carbons (Fsp3) is 0.786. The molecule has 1 saturated heterocycles. The van der Waals surface area contributed by atoms with Crippen LogP contribution in [-0.4, -0.2) is 28.3 Å². The number of thiazole rings is 1. The maximum atomic E-state index is 4.97. The van der Waals surface area contributed by atoms with Gasteiger partial charge in [-0.05, 0) is 13.0 Å². The highest BCUT2D eigenvalue weighted by Crippen LogP contribution is 2.44. The minimum atomic E-state index is 0.606. The summed E-state index contributed by atoms with van der Waals surface area (Å²) in [5.74, 6) is 2.56. The van der Waals surface area contributed by atoms with Crippen LogP contribution >= 0.6 is 34.9 Å². The van der Waals surface area contributed by atoms with Crippen molar-refractivity contribution in [1.29, 1.82) is 0 Å². The molecule has 0 aliphatic carbocycles. The van der Waals surface area contributed by atoms with E-state index in [4.69, 9.17) is 4.98 Å². The van der Waals surface area contributed by atoms with E-state index in [0.717, 1.165) is 19.5 Å². The lowest BCUT2D eigenvalue weighted by atomic mass is 10.2. The number of nitrogens with one attached hydrogen (secondary N) is 1. The summed E-state index contributed by atoms with van der Waals surface area (Å²) in [7, 11) is 0. The average Bonchev–Trinajstić information content (AvgIpc) is 2.80. The van der Waals surface area contributed by atoms with Crippen molar-refractivity contribution in [2.75, 3.05) is 18.1 Å². The summed E-state index contributed by atoms with van der Waals surface area (Å²) in [4.78, 5) is 6.43. The van der Waals surface area contributed by atoms with Crippen molar-refractivity contribution in [2.45, 2.75) is 50.7 Å². The number of rotatable bonds is 6. The molecule has 1 aromatic rings. The Bertz CT molecular complexity index is 392. The molecule has 1 aliphatic rings. The molecular formula is C14H24N2S3. The Morgan fingerprint density at radius 2 is 2.05 bits per heavy atom. The molecule has 5 heteroatoms. The first-order valence-corrected chi connectivity index (χ1v) is 10.1. The van der Waals surface area contributed by atoms with E-state index in [0.29, 0.717) is 10.5 Å². The predicted molar refractivity (Wildman–Crippen MR) is 90.6 cm³/mol. The second kappa shape index (κ2) is 7.91. The Balaban J connectivity index is 2.15. The third-order valence-electron chi connectivity index (χ3n) is 3.25. The molecule has 108 valence electrons. The van der Waals surface area contributed by atoms with Crippen LogP contribution in [-0.2, 0) is 13.0 Å². The number of nitrogens with zero attached hydrogens (tertiary/aromatic N) is 1. The number of aromatic nitrogens is 1. The fourth-order valence-corrected chi connectivity index (χ4v) is 6.48. The second-order valence-electron chi connectivity index (χ2n) is 4.82. The van der Waals surface area contributed by atoms with E-state index < -0.39 is 0 Å². The van der Waals surface area contributed by atoms with Crippen molar-refractivity contribution in [1.82, 2.24) is 10.3 Å². The summed E-state index contributed by atoms with van der Waals surface area (Å²) < 4.78 is 0. The van der Waals surface area contributed by atoms with E-state index in [9.17, 15) is 0 Å². The molecule has 2 heterocycles. The second-order valence-corrected chi connectivity index (χ2v) is 8.67. The molecule has 2 unspecified atom stereocenters. The van der Waals surface area contributed by atoms with Gasteiger partial charge in [-0.15, -0.1) is 23.1 Å². The highest BCUT2D eigenvalue weighted by atomic mass is 32.2. The summed E-state index contributed by atoms with van der Waals surface area (Å²) in [6.45, 7) is 8.78. The van der Waals surface area contributed by atoms with Gasteiger partial charge in [-0.2, -0.15) is 11.8 Å². The van der Waals surface area contributed by atoms with Crippen LogP contribution in [0.15, 0.2) is 0 Å². The molecule has 19 heavy (non-hydrogen) atoms. The Hall–Kier alpha value is 0.290. The first-order valence-electron chi connectivity index (χ1n) is 7.18. The highest BCUT2D eigenvalue weighted by Gasteiger charge is 2.27. The zero-order valence-electron chi connectivity index (χ0n) is 12.1. The zero-order valence-corrected chi connectivity index (χ0v) is 14.5. The maximum Gasteiger partial charge on any atom is 0.107 e. The maximum absolute atomic E-state index is 4.97. The van der Waals surface area contributed by atoms with Crippen molar-refractivity contribution in [3.63, 3.8) is 0 Å². The fourth-order valence-electron chi connectivity index (χ4n) is 2.24. The lowest BCUT2D eigenvalue weighted by molar-refractivity contribution is 0.722. The SMILES string of the molecule is CCCc1nc(C2SCCSC2C)sc1CNCC. The highest BCUT2D eigenvalue weighted by molar-refractivity contribution is 8.06. The van der Waals surface area contributed by atoms with Gasteiger partial charge in [0.15, 0.2) is 0 Å². The molecule has 0 amide bonds. The molecular weight excluding hydrogens is 292 g/mol. The number of thioether (sulfide) groups is 2. The van der Waals surface area contributed by atoms with Crippen molar-refractivity contribution in [3.05, 3.63) is 15.6 Å². The molecule has 0 saturated carbocycles. The number of hydrogen-bond acceptors (Lipinski definition) is 5. The van der Waals surface area contributed by atoms with Crippen molar-refractivity contribution in [3.8, 4) is 0 Å². The van der Waals surface area contributed by atoms with Gasteiger partial charge in [0.05, 0.1) is 10.9 Å². The van der Waals surface area contributed by atoms with E-state index in [2.05, 4.69) is 49.6 Å². The first kappa shape index (κ1) is 15.7. The molecule has 2 atom stereocenters. The summed E-state index contributed by atoms with van der Waals surface area (Å²) in [5, 5.41) is 6.12. The smallest absolute Gasteiger partial charge is 0.107 e. The molecule has 0 spiro atoms. The van der Waals surface area contributed by atoms with Crippen LogP contribution in [0.1, 0.15) is 48.0 Å². The minimum Gasteiger partial charge on any atom is -0.312 e. The summed E-state index contributed by atoms with van der Waals surface area (Å²) in [6.07, 6.45) is 2.31. The van der Waals surface area contributed by atoms with Crippen molar-refractivity contribution in [2.24, 2.45) is 0 Å². The first-order chi connectivity index (χ1) is 9.26. The standard InChI is InChI=1S/C14H24N2S3/c1-4-6-11-12(9-15-5-2)19-14(16-11)13-10(3)17-7-8-18-13/h10,13,15H,4-9H2,1-3H3. The molecule has 0 bridgehead atoms. The van der Waals surface area contributed by atoms with Gasteiger partial charge < -0.3 is 5.32 Å². The van der Waals surface area contributed by atoms with Crippen LogP contribution in [0.3, 0.4) is 0 Å². The Labute approximate surface area is 129 Å². The van der Waals surface area contributed by atoms with Gasteiger partial charge in [0.1, 0.15) is 5.01 Å². The van der Waals surface area contributed by atoms with Gasteiger partial charge >= 0.3 is 0 Å². The molecule has 2 rings (SSSR count). The molecule has 2 nitrogen and oxygen atoms in total. The molecule has 1 N–H and O–H groups in total. The van der Waals surface area contributed by atoms with E-state index in [1.165, 1.54) is 33.5 Å². The summed E-state index contributed by atoms with van der Waals surface area (Å²) in [5.41, 5.74) is 1.34. The van der Waals surface area contributed by atoms with E-state index in [1.54, 1.807) is 0 Å². The Morgan fingerprint density at radius 3 is 2.74 bits per heavy atom. The van der Waals surface area contributed by atoms with Crippen LogP contribution in [0.4, 0.5) is 0 Å². The van der Waals surface area contributed by atoms with Gasteiger partial charge in [-0.3, -0.25) is 0 Å². The molecule has 1 fully saturated rings. The third-order valence-corrected chi connectivity index (χ3v) is 7.68. The minimum absolute atomic E-state index is 0.606. The van der Waals surface area contributed by atoms with Crippen molar-refractivity contribution < 1.29 is 0 Å². The Morgan fingerprint density at radius 1 is 1.26 bits per heavy atom. The average molecular weight is 317 g/mol. The van der Waals surface area contributed by atoms with Crippen LogP contribution < -0.4 is 5.32 Å². The van der Waals surface area contributed by atoms with Crippen LogP contribution in [0.2, 0.25) is 0 Å². The van der Waals surface area contributed by atoms with Gasteiger partial charge in [0.2, 0.25) is 0 Å². The monoisotopic (exact) mass is 316 g/mol. The van der Waals surface area contributed by atoms with E-state index in [1.807, 2.05) is 11.3 Å². The van der Waals surface area contributed by atoms with E-state index >= 15 is 0 Å². The summed E-state index contributed by atoms with van der Waals surface area (Å²) >= 11 is 6.13. The zero-order chi connectivity index (χ0) is 13.7. The van der Waals surface area contributed by atoms with E-state index in [-0.39, 0.29) is 0 Å². The number of hydrogen-bond donors (Lipinski definition) is 1. The van der Waals surface area contributed by atoms with Gasteiger partial charge in [0.25, 0.3) is 0 Å². The van der Waals surface area contributed by atoms with Crippen LogP contribution in [0, 0.1) is 0 Å². The van der Waals surface area contributed by atoms with Gasteiger partial charge in [0, 0.05) is 28.2 Å². The van der Waals surface area contributed by atoms with Crippen molar-refractivity contribution >= 4 is 34.9 Å². The molecule has 1 aromatic heterocycles. The quantitative estimate of drug-likeness (QED) is 0.853. The lowest BCUT2D eigenvalue weighted by Gasteiger charge is -2.25.